The Bertz CT molecular complexity index is 1080. The lowest BCUT2D eigenvalue weighted by Gasteiger charge is -2.35. The molecule has 0 saturated carbocycles. The summed E-state index contributed by atoms with van der Waals surface area (Å²) in [5.74, 6) is 1.81. The Morgan fingerprint density at radius 3 is 2.72 bits per heavy atom. The Balaban J connectivity index is 1.37. The first-order valence-electron chi connectivity index (χ1n) is 10.9. The number of amides is 2. The van der Waals surface area contributed by atoms with Crippen molar-refractivity contribution in [2.24, 2.45) is 11.8 Å². The molecule has 32 heavy (non-hydrogen) atoms. The van der Waals surface area contributed by atoms with Gasteiger partial charge in [0, 0.05) is 48.1 Å². The number of likely N-dealkylation sites (tertiary alicyclic amines) is 1. The molecule has 0 spiro atoms. The van der Waals surface area contributed by atoms with Gasteiger partial charge in [-0.05, 0) is 54.3 Å². The highest BCUT2D eigenvalue weighted by Gasteiger charge is 2.26. The van der Waals surface area contributed by atoms with E-state index in [-0.39, 0.29) is 18.2 Å². The number of nitrogens with one attached hydrogen (secondary N) is 1. The number of rotatable bonds is 6. The maximum atomic E-state index is 13.0. The SMILES string of the molecule is Cc1ccc(C(=O)N2CC(C)CC(C)C2)cc1NC(=O)CCc1nc(-c2ccsc2)no1. The highest BCUT2D eigenvalue weighted by atomic mass is 32.1. The summed E-state index contributed by atoms with van der Waals surface area (Å²) in [7, 11) is 0. The summed E-state index contributed by atoms with van der Waals surface area (Å²) in [4.78, 5) is 31.9. The molecule has 0 aliphatic carbocycles. The summed E-state index contributed by atoms with van der Waals surface area (Å²) in [5.41, 5.74) is 3.07. The molecule has 0 radical (unpaired) electrons. The lowest BCUT2D eigenvalue weighted by molar-refractivity contribution is -0.116. The molecule has 1 aliphatic rings. The van der Waals surface area contributed by atoms with Gasteiger partial charge in [-0.1, -0.05) is 25.1 Å². The maximum absolute atomic E-state index is 13.0. The zero-order chi connectivity index (χ0) is 22.7. The Hall–Kier alpha value is -3.00. The van der Waals surface area contributed by atoms with Gasteiger partial charge < -0.3 is 14.7 Å². The Labute approximate surface area is 191 Å². The van der Waals surface area contributed by atoms with Crippen molar-refractivity contribution in [3.8, 4) is 11.4 Å². The summed E-state index contributed by atoms with van der Waals surface area (Å²) in [6.07, 6.45) is 1.71. The number of aromatic nitrogens is 2. The van der Waals surface area contributed by atoms with Crippen LogP contribution in [0.4, 0.5) is 5.69 Å². The summed E-state index contributed by atoms with van der Waals surface area (Å²) in [6, 6.07) is 7.42. The minimum absolute atomic E-state index is 0.0192. The summed E-state index contributed by atoms with van der Waals surface area (Å²) in [5, 5.41) is 10.8. The van der Waals surface area contributed by atoms with Crippen molar-refractivity contribution in [3.63, 3.8) is 0 Å². The zero-order valence-corrected chi connectivity index (χ0v) is 19.4. The number of anilines is 1. The van der Waals surface area contributed by atoms with Crippen molar-refractivity contribution in [1.29, 1.82) is 0 Å². The largest absolute Gasteiger partial charge is 0.339 e. The van der Waals surface area contributed by atoms with Gasteiger partial charge in [0.15, 0.2) is 0 Å². The molecule has 2 aromatic heterocycles. The molecule has 2 unspecified atom stereocenters. The quantitative estimate of drug-likeness (QED) is 0.581. The van der Waals surface area contributed by atoms with E-state index in [9.17, 15) is 9.59 Å². The zero-order valence-electron chi connectivity index (χ0n) is 18.6. The maximum Gasteiger partial charge on any atom is 0.253 e. The van der Waals surface area contributed by atoms with Crippen LogP contribution in [0.1, 0.15) is 48.5 Å². The molecule has 8 heteroatoms. The minimum atomic E-state index is -0.159. The average molecular weight is 453 g/mol. The van der Waals surface area contributed by atoms with Crippen LogP contribution in [0.5, 0.6) is 0 Å². The van der Waals surface area contributed by atoms with E-state index in [0.717, 1.165) is 30.6 Å². The number of hydrogen-bond donors (Lipinski definition) is 1. The van der Waals surface area contributed by atoms with Crippen LogP contribution in [0.2, 0.25) is 0 Å². The van der Waals surface area contributed by atoms with E-state index in [1.807, 2.05) is 40.8 Å². The second-order valence-electron chi connectivity index (χ2n) is 8.76. The molecular weight excluding hydrogens is 424 g/mol. The van der Waals surface area contributed by atoms with Gasteiger partial charge in [-0.2, -0.15) is 16.3 Å². The van der Waals surface area contributed by atoms with E-state index >= 15 is 0 Å². The molecule has 2 atom stereocenters. The van der Waals surface area contributed by atoms with Gasteiger partial charge in [-0.15, -0.1) is 0 Å². The van der Waals surface area contributed by atoms with E-state index in [4.69, 9.17) is 4.52 Å². The monoisotopic (exact) mass is 452 g/mol. The molecule has 1 N–H and O–H groups in total. The van der Waals surface area contributed by atoms with Crippen LogP contribution in [0, 0.1) is 18.8 Å². The van der Waals surface area contributed by atoms with E-state index in [0.29, 0.717) is 41.2 Å². The van der Waals surface area contributed by atoms with E-state index in [1.165, 1.54) is 0 Å². The number of benzene rings is 1. The third-order valence-electron chi connectivity index (χ3n) is 5.73. The van der Waals surface area contributed by atoms with Crippen molar-refractivity contribution in [1.82, 2.24) is 15.0 Å². The molecule has 0 bridgehead atoms. The van der Waals surface area contributed by atoms with E-state index in [2.05, 4.69) is 29.3 Å². The van der Waals surface area contributed by atoms with E-state index in [1.54, 1.807) is 17.4 Å². The molecule has 1 aromatic carbocycles. The number of aryl methyl sites for hydroxylation is 2. The van der Waals surface area contributed by atoms with Crippen LogP contribution < -0.4 is 5.32 Å². The van der Waals surface area contributed by atoms with Crippen LogP contribution in [-0.4, -0.2) is 39.9 Å². The number of hydrogen-bond acceptors (Lipinski definition) is 6. The van der Waals surface area contributed by atoms with Crippen LogP contribution in [0.25, 0.3) is 11.4 Å². The number of nitrogens with zero attached hydrogens (tertiary/aromatic N) is 3. The number of thiophene rings is 1. The summed E-state index contributed by atoms with van der Waals surface area (Å²) < 4.78 is 5.26. The number of carbonyl (C=O) groups excluding carboxylic acids is 2. The Morgan fingerprint density at radius 1 is 1.22 bits per heavy atom. The first-order chi connectivity index (χ1) is 15.4. The fraction of sp³-hybridized carbons (Fsp3) is 0.417. The third kappa shape index (κ3) is 5.24. The molecule has 1 saturated heterocycles. The number of piperidine rings is 1. The van der Waals surface area contributed by atoms with Crippen molar-refractivity contribution in [2.45, 2.75) is 40.0 Å². The van der Waals surface area contributed by atoms with Gasteiger partial charge >= 0.3 is 0 Å². The van der Waals surface area contributed by atoms with Crippen molar-refractivity contribution >= 4 is 28.8 Å². The predicted molar refractivity (Wildman–Crippen MR) is 125 cm³/mol. The molecule has 1 fully saturated rings. The lowest BCUT2D eigenvalue weighted by Crippen LogP contribution is -2.42. The first kappa shape index (κ1) is 22.2. The molecule has 7 nitrogen and oxygen atoms in total. The molecule has 4 rings (SSSR count). The molecule has 3 aromatic rings. The Kier molecular flexibility index (Phi) is 6.69. The summed E-state index contributed by atoms with van der Waals surface area (Å²) in [6.45, 7) is 7.83. The van der Waals surface area contributed by atoms with Crippen LogP contribution in [0.3, 0.4) is 0 Å². The molecule has 2 amide bonds. The van der Waals surface area contributed by atoms with Gasteiger partial charge in [0.1, 0.15) is 0 Å². The third-order valence-corrected chi connectivity index (χ3v) is 6.41. The van der Waals surface area contributed by atoms with Gasteiger partial charge in [-0.3, -0.25) is 9.59 Å². The van der Waals surface area contributed by atoms with Gasteiger partial charge in [-0.25, -0.2) is 0 Å². The molecule has 168 valence electrons. The number of carbonyl (C=O) groups is 2. The minimum Gasteiger partial charge on any atom is -0.339 e. The van der Waals surface area contributed by atoms with Gasteiger partial charge in [0.05, 0.1) is 0 Å². The average Bonchev–Trinajstić information content (AvgIpc) is 3.44. The fourth-order valence-electron chi connectivity index (χ4n) is 4.20. The Morgan fingerprint density at radius 2 is 2.00 bits per heavy atom. The van der Waals surface area contributed by atoms with Crippen molar-refractivity contribution in [3.05, 3.63) is 52.0 Å². The topological polar surface area (TPSA) is 88.3 Å². The van der Waals surface area contributed by atoms with Crippen LogP contribution >= 0.6 is 11.3 Å². The first-order valence-corrected chi connectivity index (χ1v) is 11.9. The fourth-order valence-corrected chi connectivity index (χ4v) is 4.83. The predicted octanol–water partition coefficient (Wildman–Crippen LogP) is 4.80. The lowest BCUT2D eigenvalue weighted by atomic mass is 9.91. The summed E-state index contributed by atoms with van der Waals surface area (Å²) >= 11 is 1.56. The highest BCUT2D eigenvalue weighted by Crippen LogP contribution is 2.25. The smallest absolute Gasteiger partial charge is 0.253 e. The normalized spacial score (nSPS) is 18.5. The molecule has 1 aliphatic heterocycles. The van der Waals surface area contributed by atoms with Crippen LogP contribution in [0.15, 0.2) is 39.5 Å². The molecular formula is C24H28N4O3S. The van der Waals surface area contributed by atoms with Crippen molar-refractivity contribution < 1.29 is 14.1 Å². The highest BCUT2D eigenvalue weighted by molar-refractivity contribution is 7.08. The second kappa shape index (κ2) is 9.65. The second-order valence-corrected chi connectivity index (χ2v) is 9.54. The van der Waals surface area contributed by atoms with Crippen LogP contribution in [-0.2, 0) is 11.2 Å². The molecule has 3 heterocycles. The van der Waals surface area contributed by atoms with Gasteiger partial charge in [0.2, 0.25) is 17.6 Å². The standard InChI is InChI=1S/C24H28N4O3S/c1-15-10-16(2)13-28(12-15)24(30)18-5-4-17(3)20(11-18)25-21(29)6-7-22-26-23(27-31-22)19-8-9-32-14-19/h4-5,8-9,11,14-16H,6-7,10,12-13H2,1-3H3,(H,25,29). The van der Waals surface area contributed by atoms with E-state index < -0.39 is 0 Å². The van der Waals surface area contributed by atoms with Gasteiger partial charge in [0.25, 0.3) is 5.91 Å². The van der Waals surface area contributed by atoms with Crippen molar-refractivity contribution in [2.75, 3.05) is 18.4 Å².